The average molecular weight is 336 g/mol. The molecule has 0 amide bonds. The predicted octanol–water partition coefficient (Wildman–Crippen LogP) is 3.10. The third-order valence-corrected chi connectivity index (χ3v) is 3.50. The highest BCUT2D eigenvalue weighted by Gasteiger charge is 2.09. The molecule has 0 spiro atoms. The molecule has 106 valence electrons. The number of hydrogen-bond donors (Lipinski definition) is 1. The van der Waals surface area contributed by atoms with Crippen LogP contribution in [0.4, 0.5) is 0 Å². The molecule has 2 aromatic rings. The molecule has 0 saturated carbocycles. The SMILES string of the molecule is CCC(N)Cc1cc(Br)ccc1OCc1ncccn1. The van der Waals surface area contributed by atoms with Crippen LogP contribution in [0.1, 0.15) is 24.7 Å². The van der Waals surface area contributed by atoms with E-state index in [1.807, 2.05) is 12.1 Å². The van der Waals surface area contributed by atoms with Gasteiger partial charge in [0.05, 0.1) is 0 Å². The summed E-state index contributed by atoms with van der Waals surface area (Å²) in [6.07, 6.45) is 5.15. The second kappa shape index (κ2) is 7.36. The summed E-state index contributed by atoms with van der Waals surface area (Å²) >= 11 is 3.48. The van der Waals surface area contributed by atoms with Gasteiger partial charge in [0.2, 0.25) is 0 Å². The molecule has 1 unspecified atom stereocenters. The molecule has 1 atom stereocenters. The van der Waals surface area contributed by atoms with Gasteiger partial charge in [0, 0.05) is 22.9 Å². The zero-order chi connectivity index (χ0) is 14.4. The summed E-state index contributed by atoms with van der Waals surface area (Å²) in [7, 11) is 0. The van der Waals surface area contributed by atoms with E-state index in [1.165, 1.54) is 0 Å². The molecule has 0 aliphatic rings. The number of ether oxygens (including phenoxy) is 1. The lowest BCUT2D eigenvalue weighted by molar-refractivity contribution is 0.292. The van der Waals surface area contributed by atoms with E-state index in [4.69, 9.17) is 10.5 Å². The van der Waals surface area contributed by atoms with Crippen molar-refractivity contribution in [3.8, 4) is 5.75 Å². The van der Waals surface area contributed by atoms with Gasteiger partial charge < -0.3 is 10.5 Å². The molecule has 1 aromatic carbocycles. The first-order valence-corrected chi connectivity index (χ1v) is 7.41. The minimum Gasteiger partial charge on any atom is -0.485 e. The largest absolute Gasteiger partial charge is 0.485 e. The van der Waals surface area contributed by atoms with Crippen molar-refractivity contribution in [1.82, 2.24) is 9.97 Å². The summed E-state index contributed by atoms with van der Waals surface area (Å²) in [6, 6.07) is 7.89. The highest BCUT2D eigenvalue weighted by Crippen LogP contribution is 2.25. The third kappa shape index (κ3) is 4.28. The van der Waals surface area contributed by atoms with Gasteiger partial charge in [0.1, 0.15) is 12.4 Å². The molecule has 2 rings (SSSR count). The smallest absolute Gasteiger partial charge is 0.166 e. The van der Waals surface area contributed by atoms with Crippen LogP contribution in [-0.2, 0) is 13.0 Å². The van der Waals surface area contributed by atoms with Crippen LogP contribution < -0.4 is 10.5 Å². The maximum absolute atomic E-state index is 6.04. The standard InChI is InChI=1S/C15H18BrN3O/c1-2-13(17)9-11-8-12(16)4-5-14(11)20-10-15-18-6-3-7-19-15/h3-8,13H,2,9-10,17H2,1H3. The minimum atomic E-state index is 0.139. The van der Waals surface area contributed by atoms with E-state index >= 15 is 0 Å². The fourth-order valence-corrected chi connectivity index (χ4v) is 2.23. The Morgan fingerprint density at radius 3 is 2.75 bits per heavy atom. The zero-order valence-corrected chi connectivity index (χ0v) is 13.0. The molecule has 1 heterocycles. The molecule has 0 saturated heterocycles. The lowest BCUT2D eigenvalue weighted by atomic mass is 10.0. The fraction of sp³-hybridized carbons (Fsp3) is 0.333. The summed E-state index contributed by atoms with van der Waals surface area (Å²) in [5.74, 6) is 1.51. The lowest BCUT2D eigenvalue weighted by Gasteiger charge is -2.14. The van der Waals surface area contributed by atoms with E-state index in [0.717, 1.165) is 28.6 Å². The summed E-state index contributed by atoms with van der Waals surface area (Å²) in [5.41, 5.74) is 7.14. The van der Waals surface area contributed by atoms with E-state index in [-0.39, 0.29) is 6.04 Å². The van der Waals surface area contributed by atoms with E-state index < -0.39 is 0 Å². The van der Waals surface area contributed by atoms with Gasteiger partial charge in [-0.3, -0.25) is 0 Å². The van der Waals surface area contributed by atoms with Crippen LogP contribution in [0.25, 0.3) is 0 Å². The van der Waals surface area contributed by atoms with Gasteiger partial charge in [-0.1, -0.05) is 22.9 Å². The van der Waals surface area contributed by atoms with Crippen molar-refractivity contribution in [1.29, 1.82) is 0 Å². The van der Waals surface area contributed by atoms with Crippen LogP contribution in [0.3, 0.4) is 0 Å². The van der Waals surface area contributed by atoms with Crippen LogP contribution in [0.2, 0.25) is 0 Å². The highest BCUT2D eigenvalue weighted by molar-refractivity contribution is 9.10. The van der Waals surface area contributed by atoms with Crippen molar-refractivity contribution in [3.63, 3.8) is 0 Å². The van der Waals surface area contributed by atoms with Crippen molar-refractivity contribution in [3.05, 3.63) is 52.5 Å². The van der Waals surface area contributed by atoms with Crippen LogP contribution in [0.5, 0.6) is 5.75 Å². The van der Waals surface area contributed by atoms with Crippen LogP contribution in [-0.4, -0.2) is 16.0 Å². The summed E-state index contributed by atoms with van der Waals surface area (Å²) in [6.45, 7) is 2.44. The molecular formula is C15H18BrN3O. The average Bonchev–Trinajstić information content (AvgIpc) is 2.47. The maximum Gasteiger partial charge on any atom is 0.166 e. The number of halogens is 1. The van der Waals surface area contributed by atoms with Crippen LogP contribution in [0, 0.1) is 0 Å². The Hall–Kier alpha value is -1.46. The molecule has 0 radical (unpaired) electrons. The molecule has 5 heteroatoms. The second-order valence-electron chi connectivity index (χ2n) is 4.58. The molecule has 0 bridgehead atoms. The molecule has 1 aromatic heterocycles. The van der Waals surface area contributed by atoms with Crippen molar-refractivity contribution in [2.45, 2.75) is 32.4 Å². The van der Waals surface area contributed by atoms with Crippen molar-refractivity contribution < 1.29 is 4.74 Å². The summed E-state index contributed by atoms with van der Waals surface area (Å²) in [5, 5.41) is 0. The molecule has 0 fully saturated rings. The molecule has 0 aliphatic heterocycles. The Bertz CT molecular complexity index is 548. The minimum absolute atomic E-state index is 0.139. The maximum atomic E-state index is 6.04. The van der Waals surface area contributed by atoms with E-state index in [0.29, 0.717) is 12.4 Å². The Kier molecular flexibility index (Phi) is 5.49. The zero-order valence-electron chi connectivity index (χ0n) is 11.4. The van der Waals surface area contributed by atoms with Gasteiger partial charge in [-0.15, -0.1) is 0 Å². The van der Waals surface area contributed by atoms with Gasteiger partial charge >= 0.3 is 0 Å². The molecule has 2 N–H and O–H groups in total. The molecule has 20 heavy (non-hydrogen) atoms. The molecule has 0 aliphatic carbocycles. The number of rotatable bonds is 6. The first-order valence-electron chi connectivity index (χ1n) is 6.61. The lowest BCUT2D eigenvalue weighted by Crippen LogP contribution is -2.21. The Morgan fingerprint density at radius 2 is 2.05 bits per heavy atom. The Morgan fingerprint density at radius 1 is 1.30 bits per heavy atom. The van der Waals surface area contributed by atoms with Crippen molar-refractivity contribution >= 4 is 15.9 Å². The first kappa shape index (κ1) is 14.9. The van der Waals surface area contributed by atoms with Gasteiger partial charge in [0.25, 0.3) is 0 Å². The molecular weight excluding hydrogens is 318 g/mol. The van der Waals surface area contributed by atoms with Crippen LogP contribution >= 0.6 is 15.9 Å². The quantitative estimate of drug-likeness (QED) is 0.881. The van der Waals surface area contributed by atoms with Gasteiger partial charge in [-0.25, -0.2) is 9.97 Å². The van der Waals surface area contributed by atoms with Crippen molar-refractivity contribution in [2.75, 3.05) is 0 Å². The van der Waals surface area contributed by atoms with Gasteiger partial charge in [-0.05, 0) is 42.7 Å². The van der Waals surface area contributed by atoms with Gasteiger partial charge in [-0.2, -0.15) is 0 Å². The van der Waals surface area contributed by atoms with E-state index in [1.54, 1.807) is 18.5 Å². The number of nitrogens with two attached hydrogens (primary N) is 1. The normalized spacial score (nSPS) is 12.2. The topological polar surface area (TPSA) is 61.0 Å². The highest BCUT2D eigenvalue weighted by atomic mass is 79.9. The van der Waals surface area contributed by atoms with Gasteiger partial charge in [0.15, 0.2) is 5.82 Å². The second-order valence-corrected chi connectivity index (χ2v) is 5.49. The van der Waals surface area contributed by atoms with Crippen molar-refractivity contribution in [2.24, 2.45) is 5.73 Å². The fourth-order valence-electron chi connectivity index (χ4n) is 1.82. The summed E-state index contributed by atoms with van der Waals surface area (Å²) < 4.78 is 6.85. The first-order chi connectivity index (χ1) is 9.69. The summed E-state index contributed by atoms with van der Waals surface area (Å²) in [4.78, 5) is 8.30. The monoisotopic (exact) mass is 335 g/mol. The Labute approximate surface area is 127 Å². The Balaban J connectivity index is 2.10. The molecule has 4 nitrogen and oxygen atoms in total. The van der Waals surface area contributed by atoms with E-state index in [2.05, 4.69) is 38.9 Å². The third-order valence-electron chi connectivity index (χ3n) is 3.01. The number of benzene rings is 1. The number of hydrogen-bond acceptors (Lipinski definition) is 4. The van der Waals surface area contributed by atoms with E-state index in [9.17, 15) is 0 Å². The number of aromatic nitrogens is 2. The number of nitrogens with zero attached hydrogens (tertiary/aromatic N) is 2. The predicted molar refractivity (Wildman–Crippen MR) is 82.5 cm³/mol. The van der Waals surface area contributed by atoms with Crippen LogP contribution in [0.15, 0.2) is 41.1 Å².